The Morgan fingerprint density at radius 1 is 1.20 bits per heavy atom. The first-order chi connectivity index (χ1) is 9.90. The molecule has 20 heavy (non-hydrogen) atoms. The molecule has 1 aromatic heterocycles. The molecular formula is C16H27N3O. The molecule has 2 heterocycles. The minimum atomic E-state index is 0.489. The molecule has 0 radical (unpaired) electrons. The van der Waals surface area contributed by atoms with Crippen molar-refractivity contribution < 1.29 is 4.74 Å². The Balaban J connectivity index is 1.42. The van der Waals surface area contributed by atoms with Crippen LogP contribution in [0.3, 0.4) is 0 Å². The molecule has 112 valence electrons. The summed E-state index contributed by atoms with van der Waals surface area (Å²) in [5, 5.41) is 0. The van der Waals surface area contributed by atoms with E-state index in [1.165, 1.54) is 51.6 Å². The summed E-state index contributed by atoms with van der Waals surface area (Å²) in [6.45, 7) is 5.66. The standard InChI is InChI=1S/C16H27N3O/c1-4-15(5-1)12-19(13-16-6-2-11-20-16)9-3-8-18-10-7-17-14-18/h7,10,14-16H,1-6,8-9,11-13H2. The van der Waals surface area contributed by atoms with Crippen LogP contribution >= 0.6 is 0 Å². The van der Waals surface area contributed by atoms with Gasteiger partial charge in [0.2, 0.25) is 0 Å². The molecule has 4 heteroatoms. The van der Waals surface area contributed by atoms with Gasteiger partial charge in [0, 0.05) is 38.6 Å². The van der Waals surface area contributed by atoms with Crippen LogP contribution < -0.4 is 0 Å². The van der Waals surface area contributed by atoms with Gasteiger partial charge in [0.25, 0.3) is 0 Å². The maximum Gasteiger partial charge on any atom is 0.0945 e. The molecule has 0 N–H and O–H groups in total. The molecule has 1 saturated heterocycles. The highest BCUT2D eigenvalue weighted by molar-refractivity contribution is 4.78. The van der Waals surface area contributed by atoms with Gasteiger partial charge < -0.3 is 14.2 Å². The van der Waals surface area contributed by atoms with Gasteiger partial charge in [0.05, 0.1) is 12.4 Å². The number of hydrogen-bond acceptors (Lipinski definition) is 3. The van der Waals surface area contributed by atoms with Gasteiger partial charge in [0.15, 0.2) is 0 Å². The molecule has 3 rings (SSSR count). The van der Waals surface area contributed by atoms with Crippen LogP contribution in [0.4, 0.5) is 0 Å². The Bertz CT molecular complexity index is 369. The predicted octanol–water partition coefficient (Wildman–Crippen LogP) is 2.55. The summed E-state index contributed by atoms with van der Waals surface area (Å²) < 4.78 is 7.99. The highest BCUT2D eigenvalue weighted by Gasteiger charge is 2.24. The fourth-order valence-electron chi connectivity index (χ4n) is 3.27. The second-order valence-electron chi connectivity index (χ2n) is 6.35. The molecule has 1 atom stereocenters. The van der Waals surface area contributed by atoms with E-state index in [4.69, 9.17) is 4.74 Å². The first kappa shape index (κ1) is 14.1. The van der Waals surface area contributed by atoms with Crippen molar-refractivity contribution in [3.05, 3.63) is 18.7 Å². The van der Waals surface area contributed by atoms with E-state index in [9.17, 15) is 0 Å². The maximum atomic E-state index is 5.81. The Morgan fingerprint density at radius 3 is 2.80 bits per heavy atom. The predicted molar refractivity (Wildman–Crippen MR) is 79.6 cm³/mol. The van der Waals surface area contributed by atoms with E-state index in [0.717, 1.165) is 25.6 Å². The third-order valence-electron chi connectivity index (χ3n) is 4.68. The molecular weight excluding hydrogens is 250 g/mol. The van der Waals surface area contributed by atoms with Crippen molar-refractivity contribution in [1.29, 1.82) is 0 Å². The molecule has 2 fully saturated rings. The summed E-state index contributed by atoms with van der Waals surface area (Å²) in [5.74, 6) is 0.949. The Kier molecular flexibility index (Phi) is 5.09. The quantitative estimate of drug-likeness (QED) is 0.731. The number of hydrogen-bond donors (Lipinski definition) is 0. The van der Waals surface area contributed by atoms with Gasteiger partial charge >= 0.3 is 0 Å². The molecule has 1 aliphatic carbocycles. The number of rotatable bonds is 8. The fourth-order valence-corrected chi connectivity index (χ4v) is 3.27. The van der Waals surface area contributed by atoms with Gasteiger partial charge in [-0.1, -0.05) is 6.42 Å². The van der Waals surface area contributed by atoms with Crippen LogP contribution in [0.15, 0.2) is 18.7 Å². The van der Waals surface area contributed by atoms with Gasteiger partial charge in [-0.2, -0.15) is 0 Å². The molecule has 0 amide bonds. The van der Waals surface area contributed by atoms with Gasteiger partial charge in [-0.15, -0.1) is 0 Å². The largest absolute Gasteiger partial charge is 0.377 e. The lowest BCUT2D eigenvalue weighted by atomic mass is 9.85. The van der Waals surface area contributed by atoms with E-state index in [1.807, 2.05) is 12.5 Å². The van der Waals surface area contributed by atoms with E-state index in [1.54, 1.807) is 0 Å². The molecule has 1 unspecified atom stereocenters. The number of aromatic nitrogens is 2. The lowest BCUT2D eigenvalue weighted by molar-refractivity contribution is 0.0602. The second kappa shape index (κ2) is 7.23. The minimum absolute atomic E-state index is 0.489. The van der Waals surface area contributed by atoms with Crippen molar-refractivity contribution in [1.82, 2.24) is 14.5 Å². The van der Waals surface area contributed by atoms with Crippen LogP contribution in [0.1, 0.15) is 38.5 Å². The fraction of sp³-hybridized carbons (Fsp3) is 0.812. The molecule has 1 aromatic rings. The monoisotopic (exact) mass is 277 g/mol. The first-order valence-corrected chi connectivity index (χ1v) is 8.20. The van der Waals surface area contributed by atoms with Crippen molar-refractivity contribution in [2.45, 2.75) is 51.2 Å². The van der Waals surface area contributed by atoms with Crippen LogP contribution in [0, 0.1) is 5.92 Å². The second-order valence-corrected chi connectivity index (χ2v) is 6.35. The van der Waals surface area contributed by atoms with Crippen LogP contribution in [0.25, 0.3) is 0 Å². The maximum absolute atomic E-state index is 5.81. The van der Waals surface area contributed by atoms with Crippen molar-refractivity contribution in [2.75, 3.05) is 26.2 Å². The van der Waals surface area contributed by atoms with Crippen LogP contribution in [0.5, 0.6) is 0 Å². The van der Waals surface area contributed by atoms with E-state index < -0.39 is 0 Å². The van der Waals surface area contributed by atoms with Gasteiger partial charge in [-0.05, 0) is 44.6 Å². The summed E-state index contributed by atoms with van der Waals surface area (Å²) in [6, 6.07) is 0. The van der Waals surface area contributed by atoms with Crippen molar-refractivity contribution in [3.63, 3.8) is 0 Å². The molecule has 0 bridgehead atoms. The zero-order valence-corrected chi connectivity index (χ0v) is 12.4. The lowest BCUT2D eigenvalue weighted by Gasteiger charge is -2.33. The summed E-state index contributed by atoms with van der Waals surface area (Å²) in [7, 11) is 0. The van der Waals surface area contributed by atoms with E-state index in [0.29, 0.717) is 6.10 Å². The molecule has 0 aromatic carbocycles. The molecule has 0 spiro atoms. The molecule has 1 saturated carbocycles. The highest BCUT2D eigenvalue weighted by atomic mass is 16.5. The van der Waals surface area contributed by atoms with Gasteiger partial charge in [0.1, 0.15) is 0 Å². The Hall–Kier alpha value is -0.870. The summed E-state index contributed by atoms with van der Waals surface area (Å²) >= 11 is 0. The lowest BCUT2D eigenvalue weighted by Crippen LogP contribution is -2.38. The van der Waals surface area contributed by atoms with Crippen LogP contribution in [0.2, 0.25) is 0 Å². The number of imidazole rings is 1. The zero-order chi connectivity index (χ0) is 13.6. The molecule has 1 aliphatic heterocycles. The Labute approximate surface area is 122 Å². The highest BCUT2D eigenvalue weighted by Crippen LogP contribution is 2.27. The minimum Gasteiger partial charge on any atom is -0.377 e. The molecule has 4 nitrogen and oxygen atoms in total. The molecule has 2 aliphatic rings. The summed E-state index contributed by atoms with van der Waals surface area (Å²) in [5.41, 5.74) is 0. The zero-order valence-electron chi connectivity index (χ0n) is 12.4. The number of aryl methyl sites for hydroxylation is 1. The van der Waals surface area contributed by atoms with E-state index >= 15 is 0 Å². The SMILES string of the molecule is c1cn(CCCN(CC2CCC2)CC2CCCO2)cn1. The number of nitrogens with zero attached hydrogens (tertiary/aromatic N) is 3. The third-order valence-corrected chi connectivity index (χ3v) is 4.68. The van der Waals surface area contributed by atoms with Crippen molar-refractivity contribution in [2.24, 2.45) is 5.92 Å². The summed E-state index contributed by atoms with van der Waals surface area (Å²) in [4.78, 5) is 6.75. The normalized spacial score (nSPS) is 23.4. The average molecular weight is 277 g/mol. The smallest absolute Gasteiger partial charge is 0.0945 e. The number of ether oxygens (including phenoxy) is 1. The van der Waals surface area contributed by atoms with E-state index in [2.05, 4.69) is 20.6 Å². The van der Waals surface area contributed by atoms with E-state index in [-0.39, 0.29) is 0 Å². The summed E-state index contributed by atoms with van der Waals surface area (Å²) in [6.07, 6.45) is 14.3. The van der Waals surface area contributed by atoms with Crippen LogP contribution in [-0.2, 0) is 11.3 Å². The first-order valence-electron chi connectivity index (χ1n) is 8.20. The topological polar surface area (TPSA) is 30.3 Å². The van der Waals surface area contributed by atoms with Crippen molar-refractivity contribution in [3.8, 4) is 0 Å². The third kappa shape index (κ3) is 4.06. The Morgan fingerprint density at radius 2 is 2.15 bits per heavy atom. The van der Waals surface area contributed by atoms with Gasteiger partial charge in [-0.25, -0.2) is 4.98 Å². The van der Waals surface area contributed by atoms with Gasteiger partial charge in [-0.3, -0.25) is 0 Å². The average Bonchev–Trinajstić information content (AvgIpc) is 3.06. The van der Waals surface area contributed by atoms with Crippen molar-refractivity contribution >= 4 is 0 Å². The van der Waals surface area contributed by atoms with Crippen LogP contribution in [-0.4, -0.2) is 46.8 Å².